The average molecular weight is 275 g/mol. The van der Waals surface area contributed by atoms with E-state index in [1.807, 2.05) is 0 Å². The van der Waals surface area contributed by atoms with Gasteiger partial charge in [0.2, 0.25) is 0 Å². The van der Waals surface area contributed by atoms with Gasteiger partial charge in [0, 0.05) is 37.2 Å². The maximum Gasteiger partial charge on any atom is 0.114 e. The number of imidazole rings is 1. The Hall–Kier alpha value is -0.830. The third-order valence-electron chi connectivity index (χ3n) is 4.90. The molecule has 0 bridgehead atoms. The average Bonchev–Trinajstić information content (AvgIpc) is 2.94. The summed E-state index contributed by atoms with van der Waals surface area (Å²) in [6.07, 6.45) is 5.35. The van der Waals surface area contributed by atoms with Crippen molar-refractivity contribution in [1.82, 2.24) is 14.9 Å². The highest BCUT2D eigenvalue weighted by Crippen LogP contribution is 2.34. The lowest BCUT2D eigenvalue weighted by molar-refractivity contribution is 0.398. The maximum atomic E-state index is 4.98. The lowest BCUT2D eigenvalue weighted by atomic mass is 9.95. The molecule has 3 rings (SSSR count). The van der Waals surface area contributed by atoms with E-state index in [-0.39, 0.29) is 5.41 Å². The normalized spacial score (nSPS) is 26.8. The molecular weight excluding hydrogens is 246 g/mol. The minimum Gasteiger partial charge on any atom is -0.331 e. The van der Waals surface area contributed by atoms with Crippen LogP contribution >= 0.6 is 0 Å². The molecule has 1 aliphatic carbocycles. The molecule has 1 aromatic rings. The third-order valence-corrected chi connectivity index (χ3v) is 4.90. The fourth-order valence-electron chi connectivity index (χ4n) is 3.89. The van der Waals surface area contributed by atoms with Crippen LogP contribution in [0.4, 0.5) is 0 Å². The highest BCUT2D eigenvalue weighted by Gasteiger charge is 2.30. The standard InChI is InChI=1S/C17H29N3/c1-12-5-6-13(9-12)11-20-15-7-8-18-10-14(15)19-16(20)17(2,3)4/h12-13,18H,5-11H2,1-4H3. The van der Waals surface area contributed by atoms with E-state index in [0.717, 1.165) is 31.3 Å². The Balaban J connectivity index is 1.92. The lowest BCUT2D eigenvalue weighted by Gasteiger charge is -2.24. The van der Waals surface area contributed by atoms with E-state index < -0.39 is 0 Å². The summed E-state index contributed by atoms with van der Waals surface area (Å²) in [5.74, 6) is 3.07. The van der Waals surface area contributed by atoms with Gasteiger partial charge in [0.25, 0.3) is 0 Å². The van der Waals surface area contributed by atoms with Gasteiger partial charge in [-0.1, -0.05) is 34.1 Å². The van der Waals surface area contributed by atoms with Gasteiger partial charge in [0.05, 0.1) is 5.69 Å². The molecule has 3 nitrogen and oxygen atoms in total. The zero-order chi connectivity index (χ0) is 14.3. The Morgan fingerprint density at radius 3 is 2.75 bits per heavy atom. The Morgan fingerprint density at radius 2 is 2.10 bits per heavy atom. The fourth-order valence-corrected chi connectivity index (χ4v) is 3.89. The molecule has 20 heavy (non-hydrogen) atoms. The molecule has 2 aliphatic rings. The second kappa shape index (κ2) is 5.18. The van der Waals surface area contributed by atoms with E-state index in [1.165, 1.54) is 43.0 Å². The van der Waals surface area contributed by atoms with Gasteiger partial charge in [0.1, 0.15) is 5.82 Å². The van der Waals surface area contributed by atoms with Crippen molar-refractivity contribution in [3.05, 3.63) is 17.2 Å². The predicted octanol–water partition coefficient (Wildman–Crippen LogP) is 3.26. The molecule has 1 N–H and O–H groups in total. The quantitative estimate of drug-likeness (QED) is 0.898. The van der Waals surface area contributed by atoms with Gasteiger partial charge in [-0.15, -0.1) is 0 Å². The first-order valence-electron chi connectivity index (χ1n) is 8.24. The minimum absolute atomic E-state index is 0.140. The zero-order valence-corrected chi connectivity index (χ0v) is 13.5. The first-order chi connectivity index (χ1) is 9.45. The second-order valence-electron chi connectivity index (χ2n) is 7.90. The molecule has 1 aromatic heterocycles. The van der Waals surface area contributed by atoms with Crippen molar-refractivity contribution in [2.24, 2.45) is 11.8 Å². The Kier molecular flexibility index (Phi) is 3.65. The van der Waals surface area contributed by atoms with Crippen LogP contribution in [-0.2, 0) is 24.9 Å². The molecule has 2 atom stereocenters. The maximum absolute atomic E-state index is 4.98. The minimum atomic E-state index is 0.140. The second-order valence-corrected chi connectivity index (χ2v) is 7.90. The van der Waals surface area contributed by atoms with Crippen LogP contribution in [0.25, 0.3) is 0 Å². The summed E-state index contributed by atoms with van der Waals surface area (Å²) in [6, 6.07) is 0. The molecule has 0 spiro atoms. The summed E-state index contributed by atoms with van der Waals surface area (Å²) < 4.78 is 2.58. The van der Waals surface area contributed by atoms with Gasteiger partial charge < -0.3 is 9.88 Å². The SMILES string of the molecule is CC1CCC(Cn2c(C(C)(C)C)nc3c2CCNC3)C1. The van der Waals surface area contributed by atoms with Gasteiger partial charge in [-0.05, 0) is 24.7 Å². The van der Waals surface area contributed by atoms with Crippen LogP contribution in [0, 0.1) is 11.8 Å². The molecule has 1 fully saturated rings. The molecule has 2 unspecified atom stereocenters. The smallest absolute Gasteiger partial charge is 0.114 e. The molecule has 1 saturated carbocycles. The van der Waals surface area contributed by atoms with Crippen molar-refractivity contribution in [2.45, 2.75) is 71.9 Å². The van der Waals surface area contributed by atoms with Gasteiger partial charge in [-0.3, -0.25) is 0 Å². The number of nitrogens with zero attached hydrogens (tertiary/aromatic N) is 2. The highest BCUT2D eigenvalue weighted by molar-refractivity contribution is 5.23. The summed E-state index contributed by atoms with van der Waals surface area (Å²) in [5, 5.41) is 3.46. The van der Waals surface area contributed by atoms with Gasteiger partial charge in [-0.25, -0.2) is 4.98 Å². The van der Waals surface area contributed by atoms with Crippen molar-refractivity contribution >= 4 is 0 Å². The topological polar surface area (TPSA) is 29.9 Å². The van der Waals surface area contributed by atoms with E-state index >= 15 is 0 Å². The molecule has 112 valence electrons. The van der Waals surface area contributed by atoms with Crippen LogP contribution in [0.1, 0.15) is 64.2 Å². The van der Waals surface area contributed by atoms with Crippen LogP contribution in [0.3, 0.4) is 0 Å². The van der Waals surface area contributed by atoms with Crippen molar-refractivity contribution < 1.29 is 0 Å². The van der Waals surface area contributed by atoms with Crippen molar-refractivity contribution in [3.63, 3.8) is 0 Å². The zero-order valence-electron chi connectivity index (χ0n) is 13.5. The molecule has 0 radical (unpaired) electrons. The van der Waals surface area contributed by atoms with Gasteiger partial charge >= 0.3 is 0 Å². The van der Waals surface area contributed by atoms with E-state index in [2.05, 4.69) is 37.6 Å². The van der Waals surface area contributed by atoms with E-state index in [9.17, 15) is 0 Å². The summed E-state index contributed by atoms with van der Waals surface area (Å²) in [4.78, 5) is 4.98. The number of aromatic nitrogens is 2. The van der Waals surface area contributed by atoms with Crippen molar-refractivity contribution in [2.75, 3.05) is 6.54 Å². The van der Waals surface area contributed by atoms with E-state index in [0.29, 0.717) is 0 Å². The lowest BCUT2D eigenvalue weighted by Crippen LogP contribution is -2.26. The molecule has 3 heteroatoms. The number of fused-ring (bicyclic) bond motifs is 1. The largest absolute Gasteiger partial charge is 0.331 e. The highest BCUT2D eigenvalue weighted by atomic mass is 15.1. The molecule has 0 aromatic carbocycles. The fraction of sp³-hybridized carbons (Fsp3) is 0.824. The van der Waals surface area contributed by atoms with Crippen LogP contribution in [0.5, 0.6) is 0 Å². The van der Waals surface area contributed by atoms with E-state index in [4.69, 9.17) is 4.98 Å². The molecule has 0 amide bonds. The van der Waals surface area contributed by atoms with Gasteiger partial charge in [0.15, 0.2) is 0 Å². The monoisotopic (exact) mass is 275 g/mol. The summed E-state index contributed by atoms with van der Waals surface area (Å²) in [7, 11) is 0. The Morgan fingerprint density at radius 1 is 1.30 bits per heavy atom. The van der Waals surface area contributed by atoms with Crippen LogP contribution in [0.15, 0.2) is 0 Å². The van der Waals surface area contributed by atoms with Gasteiger partial charge in [-0.2, -0.15) is 0 Å². The summed E-state index contributed by atoms with van der Waals surface area (Å²) in [6.45, 7) is 12.5. The Bertz CT molecular complexity index is 481. The molecule has 1 aliphatic heterocycles. The van der Waals surface area contributed by atoms with E-state index in [1.54, 1.807) is 0 Å². The van der Waals surface area contributed by atoms with Crippen LogP contribution < -0.4 is 5.32 Å². The summed E-state index contributed by atoms with van der Waals surface area (Å²) in [5.41, 5.74) is 2.95. The molecular formula is C17H29N3. The first kappa shape index (κ1) is 14.1. The van der Waals surface area contributed by atoms with Crippen molar-refractivity contribution in [3.8, 4) is 0 Å². The predicted molar refractivity (Wildman–Crippen MR) is 82.8 cm³/mol. The number of rotatable bonds is 2. The number of hydrogen-bond acceptors (Lipinski definition) is 2. The molecule has 0 saturated heterocycles. The van der Waals surface area contributed by atoms with Crippen LogP contribution in [-0.4, -0.2) is 16.1 Å². The molecule has 2 heterocycles. The number of nitrogens with one attached hydrogen (secondary N) is 1. The third kappa shape index (κ3) is 2.65. The van der Waals surface area contributed by atoms with Crippen LogP contribution in [0.2, 0.25) is 0 Å². The first-order valence-corrected chi connectivity index (χ1v) is 8.24. The number of hydrogen-bond donors (Lipinski definition) is 1. The Labute approximate surface area is 123 Å². The van der Waals surface area contributed by atoms with Crippen molar-refractivity contribution in [1.29, 1.82) is 0 Å². The summed E-state index contributed by atoms with van der Waals surface area (Å²) >= 11 is 0.